The first kappa shape index (κ1) is 19.9. The molecule has 2 rings (SSSR count). The molecule has 0 saturated carbocycles. The standard InChI is InChI=1S/C19H30N2O3S/c1-17(2,3)9-8-12(22)21-16-13(15(20)23)11-10-18(4,5)24-19(6,7)14(11)25-16/h8-10H2,1-7H3,(H2,20,23)(H,21,22). The summed E-state index contributed by atoms with van der Waals surface area (Å²) in [6, 6.07) is 0. The average molecular weight is 367 g/mol. The Bertz CT molecular complexity index is 696. The molecule has 0 radical (unpaired) electrons. The van der Waals surface area contributed by atoms with E-state index < -0.39 is 17.1 Å². The topological polar surface area (TPSA) is 81.4 Å². The van der Waals surface area contributed by atoms with Crippen molar-refractivity contribution in [2.45, 2.75) is 78.9 Å². The highest BCUT2D eigenvalue weighted by Gasteiger charge is 2.42. The molecule has 0 unspecified atom stereocenters. The summed E-state index contributed by atoms with van der Waals surface area (Å²) < 4.78 is 6.18. The fourth-order valence-electron chi connectivity index (χ4n) is 3.35. The summed E-state index contributed by atoms with van der Waals surface area (Å²) in [6.45, 7) is 14.3. The Kier molecular flexibility index (Phi) is 5.10. The van der Waals surface area contributed by atoms with Gasteiger partial charge in [0.15, 0.2) is 0 Å². The van der Waals surface area contributed by atoms with Gasteiger partial charge in [-0.3, -0.25) is 9.59 Å². The molecule has 3 N–H and O–H groups in total. The Balaban J connectivity index is 2.36. The van der Waals surface area contributed by atoms with Crippen LogP contribution in [0.5, 0.6) is 0 Å². The van der Waals surface area contributed by atoms with Crippen LogP contribution in [0.25, 0.3) is 0 Å². The average Bonchev–Trinajstić information content (AvgIpc) is 2.72. The summed E-state index contributed by atoms with van der Waals surface area (Å²) in [4.78, 5) is 25.4. The highest BCUT2D eigenvalue weighted by Crippen LogP contribution is 2.48. The number of anilines is 1. The number of hydrogen-bond acceptors (Lipinski definition) is 4. The number of amides is 2. The fraction of sp³-hybridized carbons (Fsp3) is 0.684. The van der Waals surface area contributed by atoms with E-state index in [1.54, 1.807) is 0 Å². The zero-order chi connectivity index (χ0) is 19.2. The normalized spacial score (nSPS) is 18.5. The van der Waals surface area contributed by atoms with Gasteiger partial charge < -0.3 is 15.8 Å². The highest BCUT2D eigenvalue weighted by atomic mass is 32.1. The summed E-state index contributed by atoms with van der Waals surface area (Å²) in [6.07, 6.45) is 1.78. The molecule has 5 nitrogen and oxygen atoms in total. The molecule has 1 aliphatic heterocycles. The van der Waals surface area contributed by atoms with Crippen LogP contribution >= 0.6 is 11.3 Å². The lowest BCUT2D eigenvalue weighted by Crippen LogP contribution is -2.42. The van der Waals surface area contributed by atoms with E-state index in [9.17, 15) is 9.59 Å². The third kappa shape index (κ3) is 4.61. The van der Waals surface area contributed by atoms with Crippen molar-refractivity contribution in [2.24, 2.45) is 11.1 Å². The van der Waals surface area contributed by atoms with E-state index in [4.69, 9.17) is 10.5 Å². The molecule has 140 valence electrons. The number of nitrogens with one attached hydrogen (secondary N) is 1. The van der Waals surface area contributed by atoms with Crippen molar-refractivity contribution in [3.63, 3.8) is 0 Å². The molecular formula is C19H30N2O3S. The number of carbonyl (C=O) groups is 2. The minimum absolute atomic E-state index is 0.0817. The predicted octanol–water partition coefficient (Wildman–Crippen LogP) is 4.20. The smallest absolute Gasteiger partial charge is 0.251 e. The van der Waals surface area contributed by atoms with E-state index in [-0.39, 0.29) is 11.3 Å². The number of primary amides is 1. The lowest BCUT2D eigenvalue weighted by Gasteiger charge is -2.41. The van der Waals surface area contributed by atoms with Crippen molar-refractivity contribution in [1.29, 1.82) is 0 Å². The van der Waals surface area contributed by atoms with Gasteiger partial charge in [-0.05, 0) is 45.1 Å². The van der Waals surface area contributed by atoms with Crippen LogP contribution in [0.3, 0.4) is 0 Å². The van der Waals surface area contributed by atoms with Crippen molar-refractivity contribution < 1.29 is 14.3 Å². The zero-order valence-corrected chi connectivity index (χ0v) is 17.1. The first-order valence-corrected chi connectivity index (χ1v) is 9.49. The molecule has 6 heteroatoms. The van der Waals surface area contributed by atoms with Crippen molar-refractivity contribution in [3.05, 3.63) is 16.0 Å². The predicted molar refractivity (Wildman–Crippen MR) is 102 cm³/mol. The maximum Gasteiger partial charge on any atom is 0.251 e. The van der Waals surface area contributed by atoms with Gasteiger partial charge in [0.2, 0.25) is 5.91 Å². The van der Waals surface area contributed by atoms with E-state index in [1.165, 1.54) is 11.3 Å². The van der Waals surface area contributed by atoms with Crippen LogP contribution in [0.15, 0.2) is 0 Å². The van der Waals surface area contributed by atoms with Gasteiger partial charge in [-0.15, -0.1) is 11.3 Å². The van der Waals surface area contributed by atoms with E-state index in [0.29, 0.717) is 23.4 Å². The highest BCUT2D eigenvalue weighted by molar-refractivity contribution is 7.17. The molecule has 0 spiro atoms. The number of thiophene rings is 1. The molecule has 0 bridgehead atoms. The van der Waals surface area contributed by atoms with Crippen LogP contribution in [0.4, 0.5) is 5.00 Å². The number of ether oxygens (including phenoxy) is 1. The fourth-order valence-corrected chi connectivity index (χ4v) is 4.63. The monoisotopic (exact) mass is 366 g/mol. The minimum atomic E-state index is -0.527. The molecule has 1 aromatic rings. The van der Waals surface area contributed by atoms with Gasteiger partial charge in [0.1, 0.15) is 5.00 Å². The quantitative estimate of drug-likeness (QED) is 0.838. The molecule has 0 aliphatic carbocycles. The van der Waals surface area contributed by atoms with Gasteiger partial charge in [0, 0.05) is 17.7 Å². The second kappa shape index (κ2) is 6.40. The molecule has 0 atom stereocenters. The van der Waals surface area contributed by atoms with Gasteiger partial charge in [0.25, 0.3) is 5.91 Å². The molecule has 1 aromatic heterocycles. The number of hydrogen-bond donors (Lipinski definition) is 2. The Morgan fingerprint density at radius 1 is 1.24 bits per heavy atom. The summed E-state index contributed by atoms with van der Waals surface area (Å²) in [5.74, 6) is -0.592. The van der Waals surface area contributed by atoms with Crippen LogP contribution in [-0.2, 0) is 21.6 Å². The molecule has 0 aromatic carbocycles. The van der Waals surface area contributed by atoms with Gasteiger partial charge in [0.05, 0.1) is 16.8 Å². The number of carbonyl (C=O) groups excluding carboxylic acids is 2. The lowest BCUT2D eigenvalue weighted by atomic mass is 9.86. The number of fused-ring (bicyclic) bond motifs is 1. The molecule has 1 aliphatic rings. The van der Waals surface area contributed by atoms with E-state index in [0.717, 1.165) is 16.9 Å². The SMILES string of the molecule is CC(C)(C)CCC(=O)Nc1sc2c(c1C(N)=O)CC(C)(C)OC2(C)C. The first-order chi connectivity index (χ1) is 11.2. The molecule has 2 amide bonds. The lowest BCUT2D eigenvalue weighted by molar-refractivity contribution is -0.135. The van der Waals surface area contributed by atoms with Crippen LogP contribution < -0.4 is 11.1 Å². The molecule has 0 saturated heterocycles. The first-order valence-electron chi connectivity index (χ1n) is 8.68. The Hall–Kier alpha value is -1.40. The Labute approximate surface area is 154 Å². The third-order valence-corrected chi connectivity index (χ3v) is 5.74. The van der Waals surface area contributed by atoms with Gasteiger partial charge in [-0.25, -0.2) is 0 Å². The Morgan fingerprint density at radius 3 is 2.36 bits per heavy atom. The second-order valence-electron chi connectivity index (χ2n) is 9.14. The number of rotatable bonds is 4. The maximum atomic E-state index is 12.3. The zero-order valence-electron chi connectivity index (χ0n) is 16.3. The summed E-state index contributed by atoms with van der Waals surface area (Å²) >= 11 is 1.40. The van der Waals surface area contributed by atoms with E-state index in [2.05, 4.69) is 26.1 Å². The Morgan fingerprint density at radius 2 is 1.84 bits per heavy atom. The summed E-state index contributed by atoms with van der Waals surface area (Å²) in [7, 11) is 0. The van der Waals surface area contributed by atoms with Crippen molar-refractivity contribution in [1.82, 2.24) is 0 Å². The van der Waals surface area contributed by atoms with Gasteiger partial charge >= 0.3 is 0 Å². The maximum absolute atomic E-state index is 12.3. The minimum Gasteiger partial charge on any atom is -0.365 e. The van der Waals surface area contributed by atoms with E-state index in [1.807, 2.05) is 27.7 Å². The van der Waals surface area contributed by atoms with Crippen molar-refractivity contribution >= 4 is 28.2 Å². The summed E-state index contributed by atoms with van der Waals surface area (Å²) in [5.41, 5.74) is 6.16. The summed E-state index contributed by atoms with van der Waals surface area (Å²) in [5, 5.41) is 3.46. The van der Waals surface area contributed by atoms with Crippen molar-refractivity contribution in [3.8, 4) is 0 Å². The van der Waals surface area contributed by atoms with Crippen LogP contribution in [0.1, 0.15) is 82.1 Å². The van der Waals surface area contributed by atoms with Gasteiger partial charge in [-0.2, -0.15) is 0 Å². The van der Waals surface area contributed by atoms with Crippen LogP contribution in [0.2, 0.25) is 0 Å². The van der Waals surface area contributed by atoms with Crippen LogP contribution in [0, 0.1) is 5.41 Å². The van der Waals surface area contributed by atoms with E-state index >= 15 is 0 Å². The molecule has 0 fully saturated rings. The molecule has 25 heavy (non-hydrogen) atoms. The largest absolute Gasteiger partial charge is 0.365 e. The molecular weight excluding hydrogens is 336 g/mol. The molecule has 2 heterocycles. The third-order valence-electron chi connectivity index (χ3n) is 4.29. The second-order valence-corrected chi connectivity index (χ2v) is 10.2. The van der Waals surface area contributed by atoms with Crippen molar-refractivity contribution in [2.75, 3.05) is 5.32 Å². The van der Waals surface area contributed by atoms with Crippen LogP contribution in [-0.4, -0.2) is 17.4 Å². The van der Waals surface area contributed by atoms with Gasteiger partial charge in [-0.1, -0.05) is 20.8 Å². The number of nitrogens with two attached hydrogens (primary N) is 1.